The van der Waals surface area contributed by atoms with Crippen molar-refractivity contribution in [3.05, 3.63) is 89.1 Å². The molecule has 188 valence electrons. The van der Waals surface area contributed by atoms with Crippen molar-refractivity contribution in [3.8, 4) is 0 Å². The lowest BCUT2D eigenvalue weighted by atomic mass is 10.2. The number of pyridine rings is 1. The summed E-state index contributed by atoms with van der Waals surface area (Å²) in [4.78, 5) is 46.6. The molecule has 0 aliphatic heterocycles. The molecule has 8 nitrogen and oxygen atoms in total. The largest absolute Gasteiger partial charge is 0.314 e. The highest BCUT2D eigenvalue weighted by Crippen LogP contribution is 2.18. The van der Waals surface area contributed by atoms with Gasteiger partial charge in [-0.15, -0.1) is 0 Å². The van der Waals surface area contributed by atoms with Gasteiger partial charge in [-0.05, 0) is 68.5 Å². The van der Waals surface area contributed by atoms with Gasteiger partial charge in [0.25, 0.3) is 11.8 Å². The van der Waals surface area contributed by atoms with Crippen LogP contribution in [0.1, 0.15) is 40.5 Å². The van der Waals surface area contributed by atoms with Crippen molar-refractivity contribution in [3.63, 3.8) is 0 Å². The van der Waals surface area contributed by atoms with Crippen LogP contribution in [0.5, 0.6) is 0 Å². The van der Waals surface area contributed by atoms with Gasteiger partial charge in [0.1, 0.15) is 0 Å². The van der Waals surface area contributed by atoms with Crippen LogP contribution < -0.4 is 15.3 Å². The van der Waals surface area contributed by atoms with E-state index in [0.29, 0.717) is 28.4 Å². The average molecular weight is 508 g/mol. The highest BCUT2D eigenvalue weighted by molar-refractivity contribution is 6.30. The Kier molecular flexibility index (Phi) is 9.55. The van der Waals surface area contributed by atoms with E-state index in [4.69, 9.17) is 11.6 Å². The van der Waals surface area contributed by atoms with Crippen LogP contribution in [0.4, 0.5) is 11.5 Å². The van der Waals surface area contributed by atoms with E-state index in [9.17, 15) is 14.4 Å². The first-order valence-electron chi connectivity index (χ1n) is 11.7. The summed E-state index contributed by atoms with van der Waals surface area (Å²) < 4.78 is 0. The van der Waals surface area contributed by atoms with Gasteiger partial charge in [0.2, 0.25) is 5.91 Å². The molecule has 0 fully saturated rings. The summed E-state index contributed by atoms with van der Waals surface area (Å²) in [5.41, 5.74) is 4.00. The van der Waals surface area contributed by atoms with Gasteiger partial charge >= 0.3 is 0 Å². The third kappa shape index (κ3) is 7.13. The third-order valence-electron chi connectivity index (χ3n) is 5.57. The molecule has 0 radical (unpaired) electrons. The fourth-order valence-corrected chi connectivity index (χ4v) is 3.52. The minimum Gasteiger partial charge on any atom is -0.314 e. The van der Waals surface area contributed by atoms with Crippen molar-refractivity contribution in [2.24, 2.45) is 0 Å². The number of benzene rings is 2. The summed E-state index contributed by atoms with van der Waals surface area (Å²) in [6.07, 6.45) is 3.50. The normalized spacial score (nSPS) is 10.7. The minimum absolute atomic E-state index is 0.0424. The predicted octanol–water partition coefficient (Wildman–Crippen LogP) is 4.42. The molecule has 0 aliphatic carbocycles. The van der Waals surface area contributed by atoms with Crippen LogP contribution in [0.2, 0.25) is 5.02 Å². The van der Waals surface area contributed by atoms with Crippen LogP contribution in [0.15, 0.2) is 72.9 Å². The Balaban J connectivity index is 1.74. The van der Waals surface area contributed by atoms with Crippen molar-refractivity contribution in [1.82, 2.24) is 15.3 Å². The molecule has 3 amide bonds. The highest BCUT2D eigenvalue weighted by Gasteiger charge is 2.22. The van der Waals surface area contributed by atoms with Crippen LogP contribution in [0.25, 0.3) is 0 Å². The van der Waals surface area contributed by atoms with Crippen molar-refractivity contribution in [2.75, 3.05) is 37.1 Å². The van der Waals surface area contributed by atoms with Crippen LogP contribution in [0, 0.1) is 0 Å². The molecule has 3 aromatic rings. The molecule has 2 aromatic carbocycles. The molecule has 1 heterocycles. The van der Waals surface area contributed by atoms with E-state index in [-0.39, 0.29) is 11.7 Å². The van der Waals surface area contributed by atoms with Crippen molar-refractivity contribution in [1.29, 1.82) is 0 Å². The van der Waals surface area contributed by atoms with Gasteiger partial charge in [0, 0.05) is 30.1 Å². The second-order valence-electron chi connectivity index (χ2n) is 8.37. The molecule has 0 atom stereocenters. The molecule has 0 unspecified atom stereocenters. The maximum absolute atomic E-state index is 13.2. The lowest BCUT2D eigenvalue weighted by Crippen LogP contribution is -2.47. The Bertz CT molecular complexity index is 1170. The van der Waals surface area contributed by atoms with Gasteiger partial charge in [0.05, 0.1) is 11.6 Å². The van der Waals surface area contributed by atoms with Crippen molar-refractivity contribution < 1.29 is 14.4 Å². The van der Waals surface area contributed by atoms with E-state index >= 15 is 0 Å². The first kappa shape index (κ1) is 26.8. The summed E-state index contributed by atoms with van der Waals surface area (Å²) in [5.74, 6) is -0.779. The van der Waals surface area contributed by atoms with Gasteiger partial charge in [-0.3, -0.25) is 24.7 Å². The quantitative estimate of drug-likeness (QED) is 0.433. The first-order valence-corrected chi connectivity index (χ1v) is 12.0. The molecule has 0 bridgehead atoms. The fourth-order valence-electron chi connectivity index (χ4n) is 3.41. The highest BCUT2D eigenvalue weighted by atomic mass is 35.5. The zero-order valence-corrected chi connectivity index (χ0v) is 21.4. The number of halogens is 1. The standard InChI is InChI=1S/C27H30ClN5O3/c1-4-5-17-31(2)19-25(34)32(3)23-14-11-20(12-15-23)26(35)30-33(24-16-13-22(28)18-29-24)27(36)21-9-7-6-8-10-21/h6-16,18H,4-5,17,19H2,1-3H3,(H,30,35). The lowest BCUT2D eigenvalue weighted by Gasteiger charge is -2.23. The molecule has 9 heteroatoms. The van der Waals surface area contributed by atoms with Gasteiger partial charge in [0.15, 0.2) is 5.82 Å². The predicted molar refractivity (Wildman–Crippen MR) is 142 cm³/mol. The Labute approximate surface area is 216 Å². The SMILES string of the molecule is CCCCN(C)CC(=O)N(C)c1ccc(C(=O)NN(C(=O)c2ccccc2)c2ccc(Cl)cn2)cc1. The molecule has 0 spiro atoms. The molecule has 36 heavy (non-hydrogen) atoms. The average Bonchev–Trinajstić information content (AvgIpc) is 2.90. The summed E-state index contributed by atoms with van der Waals surface area (Å²) in [6.45, 7) is 3.28. The number of anilines is 2. The summed E-state index contributed by atoms with van der Waals surface area (Å²) >= 11 is 5.94. The Morgan fingerprint density at radius 2 is 1.61 bits per heavy atom. The molecule has 1 aromatic heterocycles. The Morgan fingerprint density at radius 1 is 0.917 bits per heavy atom. The number of carbonyl (C=O) groups is 3. The van der Waals surface area contributed by atoms with E-state index in [0.717, 1.165) is 24.4 Å². The van der Waals surface area contributed by atoms with E-state index in [1.807, 2.05) is 11.9 Å². The number of rotatable bonds is 9. The zero-order valence-electron chi connectivity index (χ0n) is 20.6. The van der Waals surface area contributed by atoms with Gasteiger partial charge in [-0.25, -0.2) is 4.98 Å². The summed E-state index contributed by atoms with van der Waals surface area (Å²) in [5, 5.41) is 1.49. The lowest BCUT2D eigenvalue weighted by molar-refractivity contribution is -0.119. The number of hydrogen-bond acceptors (Lipinski definition) is 5. The molecule has 1 N–H and O–H groups in total. The Hall–Kier alpha value is -3.75. The maximum atomic E-state index is 13.2. The number of hydrazine groups is 1. The number of carbonyl (C=O) groups excluding carboxylic acids is 3. The van der Waals surface area contributed by atoms with E-state index < -0.39 is 11.8 Å². The topological polar surface area (TPSA) is 85.9 Å². The molecule has 0 saturated carbocycles. The molecule has 3 rings (SSSR count). The number of nitrogens with zero attached hydrogens (tertiary/aromatic N) is 4. The zero-order chi connectivity index (χ0) is 26.1. The number of hydrogen-bond donors (Lipinski definition) is 1. The number of unbranched alkanes of at least 4 members (excludes halogenated alkanes) is 1. The van der Waals surface area contributed by atoms with E-state index in [2.05, 4.69) is 17.3 Å². The van der Waals surface area contributed by atoms with Crippen LogP contribution in [0.3, 0.4) is 0 Å². The van der Waals surface area contributed by atoms with Crippen molar-refractivity contribution in [2.45, 2.75) is 19.8 Å². The van der Waals surface area contributed by atoms with Crippen LogP contribution >= 0.6 is 11.6 Å². The first-order chi connectivity index (χ1) is 17.3. The number of aromatic nitrogens is 1. The summed E-state index contributed by atoms with van der Waals surface area (Å²) in [6, 6.07) is 18.3. The van der Waals surface area contributed by atoms with Crippen molar-refractivity contribution >= 4 is 40.8 Å². The van der Waals surface area contributed by atoms with Crippen LogP contribution in [-0.2, 0) is 4.79 Å². The Morgan fingerprint density at radius 3 is 2.22 bits per heavy atom. The third-order valence-corrected chi connectivity index (χ3v) is 5.79. The smallest absolute Gasteiger partial charge is 0.278 e. The minimum atomic E-state index is -0.504. The molecule has 0 saturated heterocycles. The van der Waals surface area contributed by atoms with Gasteiger partial charge in [-0.2, -0.15) is 5.01 Å². The van der Waals surface area contributed by atoms with Crippen LogP contribution in [-0.4, -0.2) is 54.8 Å². The number of amides is 3. The molecular weight excluding hydrogens is 478 g/mol. The second-order valence-corrected chi connectivity index (χ2v) is 8.81. The van der Waals surface area contributed by atoms with E-state index in [1.165, 1.54) is 6.20 Å². The molecule has 0 aliphatic rings. The number of likely N-dealkylation sites (N-methyl/N-ethyl adjacent to an activating group) is 2. The summed E-state index contributed by atoms with van der Waals surface area (Å²) in [7, 11) is 3.63. The fraction of sp³-hybridized carbons (Fsp3) is 0.259. The maximum Gasteiger partial charge on any atom is 0.278 e. The monoisotopic (exact) mass is 507 g/mol. The molecular formula is C27H30ClN5O3. The number of nitrogens with one attached hydrogen (secondary N) is 1. The van der Waals surface area contributed by atoms with Gasteiger partial charge < -0.3 is 4.90 Å². The van der Waals surface area contributed by atoms with Gasteiger partial charge in [-0.1, -0.05) is 43.1 Å². The second kappa shape index (κ2) is 12.8. The van der Waals surface area contributed by atoms with E-state index in [1.54, 1.807) is 78.7 Å².